The number of anilines is 1. The first-order valence-corrected chi connectivity index (χ1v) is 6.34. The highest BCUT2D eigenvalue weighted by Crippen LogP contribution is 2.20. The number of piperazine rings is 1. The minimum atomic E-state index is 0.803. The molecule has 2 rings (SSSR count). The zero-order valence-electron chi connectivity index (χ0n) is 9.90. The van der Waals surface area contributed by atoms with Gasteiger partial charge in [-0.25, -0.2) is 0 Å². The van der Waals surface area contributed by atoms with Gasteiger partial charge in [0.2, 0.25) is 0 Å². The third-order valence-corrected chi connectivity index (χ3v) is 3.35. The zero-order valence-corrected chi connectivity index (χ0v) is 10.7. The number of hydrogen-bond donors (Lipinski definition) is 0. The van der Waals surface area contributed by atoms with Crippen molar-refractivity contribution in [2.45, 2.75) is 6.42 Å². The highest BCUT2D eigenvalue weighted by molar-refractivity contribution is 6.30. The zero-order chi connectivity index (χ0) is 12.1. The first-order chi connectivity index (χ1) is 8.29. The number of rotatable bonds is 3. The summed E-state index contributed by atoms with van der Waals surface area (Å²) in [5.74, 6) is 2.69. The molecule has 0 unspecified atom stereocenters. The van der Waals surface area contributed by atoms with Crippen LogP contribution < -0.4 is 4.90 Å². The van der Waals surface area contributed by atoms with Gasteiger partial charge in [0.05, 0.1) is 0 Å². The Morgan fingerprint density at radius 3 is 2.65 bits per heavy atom. The van der Waals surface area contributed by atoms with Crippen LogP contribution >= 0.6 is 11.6 Å². The predicted octanol–water partition coefficient (Wildman–Crippen LogP) is 2.49. The molecule has 1 heterocycles. The molecule has 90 valence electrons. The van der Waals surface area contributed by atoms with Crippen molar-refractivity contribution in [2.24, 2.45) is 0 Å². The number of hydrogen-bond acceptors (Lipinski definition) is 2. The molecule has 0 radical (unpaired) electrons. The van der Waals surface area contributed by atoms with Gasteiger partial charge in [0, 0.05) is 49.9 Å². The second kappa shape index (κ2) is 5.95. The van der Waals surface area contributed by atoms with E-state index in [4.69, 9.17) is 18.0 Å². The summed E-state index contributed by atoms with van der Waals surface area (Å²) in [6.07, 6.45) is 6.12. The lowest BCUT2D eigenvalue weighted by molar-refractivity contribution is 0.264. The van der Waals surface area contributed by atoms with E-state index < -0.39 is 0 Å². The maximum Gasteiger partial charge on any atom is 0.0426 e. The number of halogens is 1. The van der Waals surface area contributed by atoms with Crippen LogP contribution in [0.2, 0.25) is 5.02 Å². The Labute approximate surface area is 108 Å². The van der Waals surface area contributed by atoms with Crippen molar-refractivity contribution < 1.29 is 0 Å². The quantitative estimate of drug-likeness (QED) is 0.759. The SMILES string of the molecule is C#CCCN1CCN(c2cccc(Cl)c2)CC1. The van der Waals surface area contributed by atoms with E-state index in [1.807, 2.05) is 18.2 Å². The number of benzene rings is 1. The Morgan fingerprint density at radius 2 is 2.00 bits per heavy atom. The topological polar surface area (TPSA) is 6.48 Å². The van der Waals surface area contributed by atoms with E-state index in [9.17, 15) is 0 Å². The van der Waals surface area contributed by atoms with E-state index in [1.54, 1.807) is 0 Å². The molecular formula is C14H17ClN2. The van der Waals surface area contributed by atoms with E-state index in [0.29, 0.717) is 0 Å². The second-order valence-corrected chi connectivity index (χ2v) is 4.70. The summed E-state index contributed by atoms with van der Waals surface area (Å²) in [6, 6.07) is 8.05. The van der Waals surface area contributed by atoms with Crippen LogP contribution in [0, 0.1) is 12.3 Å². The van der Waals surface area contributed by atoms with Crippen LogP contribution in [0.1, 0.15) is 6.42 Å². The highest BCUT2D eigenvalue weighted by atomic mass is 35.5. The van der Waals surface area contributed by atoms with E-state index in [0.717, 1.165) is 44.2 Å². The second-order valence-electron chi connectivity index (χ2n) is 4.26. The largest absolute Gasteiger partial charge is 0.369 e. The fourth-order valence-corrected chi connectivity index (χ4v) is 2.31. The van der Waals surface area contributed by atoms with Crippen LogP contribution in [0.25, 0.3) is 0 Å². The lowest BCUT2D eigenvalue weighted by atomic mass is 10.2. The maximum atomic E-state index is 6.00. The predicted molar refractivity (Wildman–Crippen MR) is 73.6 cm³/mol. The molecular weight excluding hydrogens is 232 g/mol. The smallest absolute Gasteiger partial charge is 0.0426 e. The summed E-state index contributed by atoms with van der Waals surface area (Å²) in [7, 11) is 0. The van der Waals surface area contributed by atoms with Crippen LogP contribution in [-0.4, -0.2) is 37.6 Å². The van der Waals surface area contributed by atoms with E-state index >= 15 is 0 Å². The Kier molecular flexibility index (Phi) is 4.30. The Hall–Kier alpha value is -1.17. The summed E-state index contributed by atoms with van der Waals surface area (Å²) in [6.45, 7) is 5.26. The van der Waals surface area contributed by atoms with Gasteiger partial charge < -0.3 is 4.90 Å². The molecule has 0 spiro atoms. The van der Waals surface area contributed by atoms with Crippen LogP contribution in [0.3, 0.4) is 0 Å². The third kappa shape index (κ3) is 3.39. The summed E-state index contributed by atoms with van der Waals surface area (Å²) in [5, 5.41) is 0.803. The Morgan fingerprint density at radius 1 is 1.24 bits per heavy atom. The fraction of sp³-hybridized carbons (Fsp3) is 0.429. The lowest BCUT2D eigenvalue weighted by Crippen LogP contribution is -2.46. The molecule has 1 aromatic rings. The molecule has 0 aromatic heterocycles. The first kappa shape index (κ1) is 12.3. The van der Waals surface area contributed by atoms with Crippen LogP contribution in [0.15, 0.2) is 24.3 Å². The van der Waals surface area contributed by atoms with Gasteiger partial charge in [-0.1, -0.05) is 17.7 Å². The van der Waals surface area contributed by atoms with E-state index in [1.165, 1.54) is 5.69 Å². The molecule has 0 atom stereocenters. The van der Waals surface area contributed by atoms with Crippen molar-refractivity contribution in [1.82, 2.24) is 4.90 Å². The maximum absolute atomic E-state index is 6.00. The molecule has 0 amide bonds. The van der Waals surface area contributed by atoms with Gasteiger partial charge in [0.25, 0.3) is 0 Å². The molecule has 0 saturated carbocycles. The van der Waals surface area contributed by atoms with Crippen molar-refractivity contribution in [1.29, 1.82) is 0 Å². The summed E-state index contributed by atoms with van der Waals surface area (Å²) >= 11 is 6.00. The molecule has 1 aliphatic heterocycles. The van der Waals surface area contributed by atoms with Gasteiger partial charge in [-0.3, -0.25) is 4.90 Å². The molecule has 1 aliphatic rings. The van der Waals surface area contributed by atoms with Crippen molar-refractivity contribution in [3.05, 3.63) is 29.3 Å². The van der Waals surface area contributed by atoms with E-state index in [-0.39, 0.29) is 0 Å². The lowest BCUT2D eigenvalue weighted by Gasteiger charge is -2.35. The van der Waals surface area contributed by atoms with E-state index in [2.05, 4.69) is 21.8 Å². The van der Waals surface area contributed by atoms with Gasteiger partial charge in [-0.2, -0.15) is 0 Å². The van der Waals surface area contributed by atoms with Gasteiger partial charge in [0.1, 0.15) is 0 Å². The minimum Gasteiger partial charge on any atom is -0.369 e. The first-order valence-electron chi connectivity index (χ1n) is 5.96. The summed E-state index contributed by atoms with van der Waals surface area (Å²) in [4.78, 5) is 4.79. The molecule has 2 nitrogen and oxygen atoms in total. The molecule has 0 bridgehead atoms. The molecule has 0 N–H and O–H groups in total. The molecule has 3 heteroatoms. The average Bonchev–Trinajstić information content (AvgIpc) is 2.37. The van der Waals surface area contributed by atoms with Crippen LogP contribution in [-0.2, 0) is 0 Å². The van der Waals surface area contributed by atoms with Crippen molar-refractivity contribution >= 4 is 17.3 Å². The summed E-state index contributed by atoms with van der Waals surface area (Å²) in [5.41, 5.74) is 1.22. The number of nitrogens with zero attached hydrogens (tertiary/aromatic N) is 2. The van der Waals surface area contributed by atoms with Crippen LogP contribution in [0.4, 0.5) is 5.69 Å². The van der Waals surface area contributed by atoms with Gasteiger partial charge in [-0.15, -0.1) is 12.3 Å². The highest BCUT2D eigenvalue weighted by Gasteiger charge is 2.16. The summed E-state index contributed by atoms with van der Waals surface area (Å²) < 4.78 is 0. The van der Waals surface area contributed by atoms with Crippen molar-refractivity contribution in [3.63, 3.8) is 0 Å². The Balaban J connectivity index is 1.89. The van der Waals surface area contributed by atoms with Gasteiger partial charge in [0.15, 0.2) is 0 Å². The van der Waals surface area contributed by atoms with Crippen LogP contribution in [0.5, 0.6) is 0 Å². The Bertz CT molecular complexity index is 403. The fourth-order valence-electron chi connectivity index (χ4n) is 2.13. The van der Waals surface area contributed by atoms with Crippen molar-refractivity contribution in [2.75, 3.05) is 37.6 Å². The van der Waals surface area contributed by atoms with Gasteiger partial charge >= 0.3 is 0 Å². The number of terminal acetylenes is 1. The van der Waals surface area contributed by atoms with Crippen molar-refractivity contribution in [3.8, 4) is 12.3 Å². The molecule has 17 heavy (non-hydrogen) atoms. The molecule has 1 saturated heterocycles. The molecule has 1 aromatic carbocycles. The molecule has 1 fully saturated rings. The minimum absolute atomic E-state index is 0.803. The average molecular weight is 249 g/mol. The monoisotopic (exact) mass is 248 g/mol. The van der Waals surface area contributed by atoms with Gasteiger partial charge in [-0.05, 0) is 18.2 Å². The third-order valence-electron chi connectivity index (χ3n) is 3.12. The standard InChI is InChI=1S/C14H17ClN2/c1-2-3-7-16-8-10-17(11-9-16)14-6-4-5-13(15)12-14/h1,4-6,12H,3,7-11H2. The normalized spacial score (nSPS) is 16.8. The molecule has 0 aliphatic carbocycles.